The number of nitrogens with one attached hydrogen (secondary N) is 2. The van der Waals surface area contributed by atoms with Crippen molar-refractivity contribution >= 4 is 5.91 Å². The van der Waals surface area contributed by atoms with Crippen LogP contribution >= 0.6 is 0 Å². The summed E-state index contributed by atoms with van der Waals surface area (Å²) in [6, 6.07) is 0.347. The SMILES string of the molecule is CC(C)OCCCNC(=O)c1cn(C2CCNCC2)nn1. The number of ether oxygens (including phenoxy) is 1. The molecular formula is C14H25N5O2. The van der Waals surface area contributed by atoms with E-state index in [1.54, 1.807) is 6.20 Å². The van der Waals surface area contributed by atoms with Crippen LogP contribution < -0.4 is 10.6 Å². The Labute approximate surface area is 125 Å². The molecule has 0 spiro atoms. The molecule has 0 unspecified atom stereocenters. The predicted molar refractivity (Wildman–Crippen MR) is 79.2 cm³/mol. The van der Waals surface area contributed by atoms with Crippen molar-refractivity contribution in [3.05, 3.63) is 11.9 Å². The van der Waals surface area contributed by atoms with Crippen LogP contribution in [0.3, 0.4) is 0 Å². The van der Waals surface area contributed by atoms with Crippen molar-refractivity contribution < 1.29 is 9.53 Å². The van der Waals surface area contributed by atoms with Crippen molar-refractivity contribution in [3.63, 3.8) is 0 Å². The van der Waals surface area contributed by atoms with Gasteiger partial charge < -0.3 is 15.4 Å². The molecule has 0 bridgehead atoms. The maximum atomic E-state index is 12.0. The number of aromatic nitrogens is 3. The summed E-state index contributed by atoms with van der Waals surface area (Å²) < 4.78 is 7.24. The molecule has 0 radical (unpaired) electrons. The first-order chi connectivity index (χ1) is 10.2. The third kappa shape index (κ3) is 5.09. The predicted octanol–water partition coefficient (Wildman–Crippen LogP) is 0.748. The molecule has 1 fully saturated rings. The zero-order valence-electron chi connectivity index (χ0n) is 12.8. The van der Waals surface area contributed by atoms with Crippen LogP contribution in [0.15, 0.2) is 6.20 Å². The van der Waals surface area contributed by atoms with Gasteiger partial charge in [-0.2, -0.15) is 0 Å². The highest BCUT2D eigenvalue weighted by molar-refractivity contribution is 5.91. The van der Waals surface area contributed by atoms with Gasteiger partial charge in [0.1, 0.15) is 0 Å². The van der Waals surface area contributed by atoms with E-state index in [0.717, 1.165) is 32.4 Å². The van der Waals surface area contributed by atoms with Gasteiger partial charge in [-0.3, -0.25) is 4.79 Å². The molecule has 1 saturated heterocycles. The Kier molecular flexibility index (Phi) is 6.13. The van der Waals surface area contributed by atoms with E-state index < -0.39 is 0 Å². The fourth-order valence-corrected chi connectivity index (χ4v) is 2.31. The second-order valence-corrected chi connectivity index (χ2v) is 5.59. The Bertz CT molecular complexity index is 440. The smallest absolute Gasteiger partial charge is 0.273 e. The summed E-state index contributed by atoms with van der Waals surface area (Å²) in [7, 11) is 0. The summed E-state index contributed by atoms with van der Waals surface area (Å²) in [6.07, 6.45) is 4.82. The van der Waals surface area contributed by atoms with Crippen molar-refractivity contribution in [1.82, 2.24) is 25.6 Å². The number of hydrogen-bond donors (Lipinski definition) is 2. The lowest BCUT2D eigenvalue weighted by Gasteiger charge is -2.22. The summed E-state index contributed by atoms with van der Waals surface area (Å²) in [5.41, 5.74) is 0.387. The van der Waals surface area contributed by atoms with Gasteiger partial charge in [0, 0.05) is 13.2 Å². The lowest BCUT2D eigenvalue weighted by atomic mass is 10.1. The maximum absolute atomic E-state index is 12.0. The minimum atomic E-state index is -0.167. The zero-order valence-corrected chi connectivity index (χ0v) is 12.8. The van der Waals surface area contributed by atoms with Gasteiger partial charge in [0.2, 0.25) is 0 Å². The molecule has 1 aliphatic rings. The highest BCUT2D eigenvalue weighted by Crippen LogP contribution is 2.16. The quantitative estimate of drug-likeness (QED) is 0.725. The van der Waals surface area contributed by atoms with Crippen molar-refractivity contribution in [2.75, 3.05) is 26.2 Å². The molecule has 0 aliphatic carbocycles. The summed E-state index contributed by atoms with van der Waals surface area (Å²) >= 11 is 0. The fourth-order valence-electron chi connectivity index (χ4n) is 2.31. The molecule has 1 aromatic rings. The van der Waals surface area contributed by atoms with E-state index in [-0.39, 0.29) is 12.0 Å². The highest BCUT2D eigenvalue weighted by Gasteiger charge is 2.18. The first-order valence-corrected chi connectivity index (χ1v) is 7.69. The molecule has 1 amide bonds. The van der Waals surface area contributed by atoms with Crippen molar-refractivity contribution in [2.45, 2.75) is 45.3 Å². The van der Waals surface area contributed by atoms with Gasteiger partial charge in [-0.15, -0.1) is 5.10 Å². The maximum Gasteiger partial charge on any atom is 0.273 e. The lowest BCUT2D eigenvalue weighted by molar-refractivity contribution is 0.0756. The van der Waals surface area contributed by atoms with E-state index >= 15 is 0 Å². The molecular weight excluding hydrogens is 270 g/mol. The van der Waals surface area contributed by atoms with Gasteiger partial charge in [0.15, 0.2) is 5.69 Å². The molecule has 7 nitrogen and oxygen atoms in total. The number of nitrogens with zero attached hydrogens (tertiary/aromatic N) is 3. The number of piperidine rings is 1. The van der Waals surface area contributed by atoms with E-state index in [4.69, 9.17) is 4.74 Å². The average Bonchev–Trinajstić information content (AvgIpc) is 2.97. The van der Waals surface area contributed by atoms with E-state index in [9.17, 15) is 4.79 Å². The minimum absolute atomic E-state index is 0.167. The first-order valence-electron chi connectivity index (χ1n) is 7.69. The number of carbonyl (C=O) groups is 1. The molecule has 2 rings (SSSR count). The Morgan fingerprint density at radius 1 is 1.52 bits per heavy atom. The molecule has 118 valence electrons. The van der Waals surface area contributed by atoms with Gasteiger partial charge in [-0.25, -0.2) is 4.68 Å². The van der Waals surface area contributed by atoms with Crippen molar-refractivity contribution in [3.8, 4) is 0 Å². The normalized spacial score (nSPS) is 16.3. The number of hydrogen-bond acceptors (Lipinski definition) is 5. The third-order valence-electron chi connectivity index (χ3n) is 3.48. The molecule has 1 aliphatic heterocycles. The van der Waals surface area contributed by atoms with Crippen LogP contribution in [-0.2, 0) is 4.74 Å². The van der Waals surface area contributed by atoms with Gasteiger partial charge in [0.25, 0.3) is 5.91 Å². The van der Waals surface area contributed by atoms with Crippen LogP contribution in [0, 0.1) is 0 Å². The van der Waals surface area contributed by atoms with Gasteiger partial charge in [0.05, 0.1) is 18.3 Å². The molecule has 7 heteroatoms. The second-order valence-electron chi connectivity index (χ2n) is 5.59. The Morgan fingerprint density at radius 3 is 3.00 bits per heavy atom. The molecule has 2 heterocycles. The Balaban J connectivity index is 1.73. The van der Waals surface area contributed by atoms with Crippen molar-refractivity contribution in [2.24, 2.45) is 0 Å². The minimum Gasteiger partial charge on any atom is -0.379 e. The Morgan fingerprint density at radius 2 is 2.29 bits per heavy atom. The monoisotopic (exact) mass is 295 g/mol. The van der Waals surface area contributed by atoms with Crippen LogP contribution in [0.5, 0.6) is 0 Å². The molecule has 21 heavy (non-hydrogen) atoms. The van der Waals surface area contributed by atoms with E-state index in [2.05, 4.69) is 20.9 Å². The summed E-state index contributed by atoms with van der Waals surface area (Å²) in [4.78, 5) is 12.0. The van der Waals surface area contributed by atoms with Crippen LogP contribution in [0.1, 0.15) is 49.6 Å². The summed E-state index contributed by atoms with van der Waals surface area (Å²) in [5.74, 6) is -0.167. The number of rotatable bonds is 7. The zero-order chi connectivity index (χ0) is 15.1. The third-order valence-corrected chi connectivity index (χ3v) is 3.48. The van der Waals surface area contributed by atoms with Gasteiger partial charge >= 0.3 is 0 Å². The summed E-state index contributed by atoms with van der Waals surface area (Å²) in [6.45, 7) is 7.21. The second kappa shape index (κ2) is 8.09. The number of amides is 1. The molecule has 2 N–H and O–H groups in total. The van der Waals surface area contributed by atoms with Crippen LogP contribution in [-0.4, -0.2) is 53.2 Å². The molecule has 0 atom stereocenters. The molecule has 1 aromatic heterocycles. The fraction of sp³-hybridized carbons (Fsp3) is 0.786. The number of carbonyl (C=O) groups excluding carboxylic acids is 1. The van der Waals surface area contributed by atoms with Crippen LogP contribution in [0.2, 0.25) is 0 Å². The van der Waals surface area contributed by atoms with Gasteiger partial charge in [-0.05, 0) is 46.2 Å². The largest absolute Gasteiger partial charge is 0.379 e. The topological polar surface area (TPSA) is 81.1 Å². The van der Waals surface area contributed by atoms with E-state index in [0.29, 0.717) is 24.9 Å². The summed E-state index contributed by atoms with van der Waals surface area (Å²) in [5, 5.41) is 14.2. The Hall–Kier alpha value is -1.47. The van der Waals surface area contributed by atoms with E-state index in [1.165, 1.54) is 0 Å². The molecule has 0 saturated carbocycles. The van der Waals surface area contributed by atoms with E-state index in [1.807, 2.05) is 18.5 Å². The first kappa shape index (κ1) is 15.9. The highest BCUT2D eigenvalue weighted by atomic mass is 16.5. The molecule has 0 aromatic carbocycles. The lowest BCUT2D eigenvalue weighted by Crippen LogP contribution is -2.29. The average molecular weight is 295 g/mol. The van der Waals surface area contributed by atoms with Crippen LogP contribution in [0.25, 0.3) is 0 Å². The van der Waals surface area contributed by atoms with Gasteiger partial charge in [-0.1, -0.05) is 5.21 Å². The van der Waals surface area contributed by atoms with Crippen LogP contribution in [0.4, 0.5) is 0 Å². The van der Waals surface area contributed by atoms with Crippen molar-refractivity contribution in [1.29, 1.82) is 0 Å². The standard InChI is InChI=1S/C14H25N5O2/c1-11(2)21-9-3-6-16-14(20)13-10-19(18-17-13)12-4-7-15-8-5-12/h10-12,15H,3-9H2,1-2H3,(H,16,20).